The Balaban J connectivity index is 3.02. The lowest BCUT2D eigenvalue weighted by Crippen LogP contribution is -2.42. The average Bonchev–Trinajstić information content (AvgIpc) is 2.88. The fraction of sp³-hybridized carbons (Fsp3) is 0.667. The van der Waals surface area contributed by atoms with Gasteiger partial charge in [-0.25, -0.2) is 8.42 Å². The second kappa shape index (κ2) is 7.75. The van der Waals surface area contributed by atoms with Crippen LogP contribution in [-0.2, 0) is 26.0 Å². The van der Waals surface area contributed by atoms with Crippen molar-refractivity contribution >= 4 is 10.0 Å². The highest BCUT2D eigenvalue weighted by molar-refractivity contribution is 7.89. The van der Waals surface area contributed by atoms with E-state index in [0.29, 0.717) is 5.76 Å². The fourth-order valence-corrected chi connectivity index (χ4v) is 3.34. The largest absolute Gasteiger partial charge is 0.447 e. The molecule has 116 valence electrons. The van der Waals surface area contributed by atoms with Gasteiger partial charge in [-0.3, -0.25) is 0 Å². The van der Waals surface area contributed by atoms with Crippen LogP contribution in [0.5, 0.6) is 0 Å². The molecule has 8 heteroatoms. The number of methoxy groups -OCH3 is 2. The highest BCUT2D eigenvalue weighted by Gasteiger charge is 2.31. The Bertz CT molecular complexity index is 500. The van der Waals surface area contributed by atoms with Gasteiger partial charge in [-0.05, 0) is 19.1 Å². The molecule has 1 aromatic rings. The minimum Gasteiger partial charge on any atom is -0.447 e. The monoisotopic (exact) mass is 306 g/mol. The Morgan fingerprint density at radius 2 is 2.05 bits per heavy atom. The van der Waals surface area contributed by atoms with Crippen molar-refractivity contribution in [3.8, 4) is 0 Å². The van der Waals surface area contributed by atoms with Gasteiger partial charge in [0.1, 0.15) is 5.76 Å². The first kappa shape index (κ1) is 17.1. The summed E-state index contributed by atoms with van der Waals surface area (Å²) in [5, 5.41) is -0.114. The zero-order valence-corrected chi connectivity index (χ0v) is 12.9. The topological polar surface area (TPSA) is 95.0 Å². The molecular weight excluding hydrogens is 284 g/mol. The maximum Gasteiger partial charge on any atom is 0.276 e. The van der Waals surface area contributed by atoms with Gasteiger partial charge in [0, 0.05) is 26.8 Å². The molecule has 0 aliphatic carbocycles. The highest BCUT2D eigenvalue weighted by atomic mass is 32.2. The molecule has 7 nitrogen and oxygen atoms in total. The number of nitrogens with zero attached hydrogens (tertiary/aromatic N) is 1. The first-order valence-electron chi connectivity index (χ1n) is 6.25. The Kier molecular flexibility index (Phi) is 6.63. The van der Waals surface area contributed by atoms with Crippen molar-refractivity contribution < 1.29 is 22.3 Å². The molecule has 20 heavy (non-hydrogen) atoms. The van der Waals surface area contributed by atoms with Crippen LogP contribution in [0.2, 0.25) is 0 Å². The van der Waals surface area contributed by atoms with E-state index >= 15 is 0 Å². The van der Waals surface area contributed by atoms with Gasteiger partial charge in [0.2, 0.25) is 5.09 Å². The van der Waals surface area contributed by atoms with E-state index in [1.807, 2.05) is 0 Å². The number of furan rings is 1. The normalized spacial score (nSPS) is 13.8. The Labute approximate surface area is 119 Å². The van der Waals surface area contributed by atoms with Crippen molar-refractivity contribution in [3.05, 3.63) is 17.9 Å². The second-order valence-corrected chi connectivity index (χ2v) is 6.16. The van der Waals surface area contributed by atoms with E-state index in [1.165, 1.54) is 24.6 Å². The first-order chi connectivity index (χ1) is 9.47. The quantitative estimate of drug-likeness (QED) is 0.710. The van der Waals surface area contributed by atoms with Crippen molar-refractivity contribution in [3.63, 3.8) is 0 Å². The maximum atomic E-state index is 12.6. The van der Waals surface area contributed by atoms with Gasteiger partial charge in [0.25, 0.3) is 10.0 Å². The molecule has 0 aliphatic heterocycles. The lowest BCUT2D eigenvalue weighted by atomic mass is 10.3. The molecule has 1 heterocycles. The van der Waals surface area contributed by atoms with E-state index in [1.54, 1.807) is 13.0 Å². The molecule has 0 spiro atoms. The van der Waals surface area contributed by atoms with Crippen LogP contribution in [0, 0.1) is 0 Å². The lowest BCUT2D eigenvalue weighted by molar-refractivity contribution is 0.118. The van der Waals surface area contributed by atoms with E-state index in [-0.39, 0.29) is 37.4 Å². The van der Waals surface area contributed by atoms with Crippen molar-refractivity contribution in [2.24, 2.45) is 5.73 Å². The number of hydrogen-bond donors (Lipinski definition) is 1. The predicted molar refractivity (Wildman–Crippen MR) is 73.7 cm³/mol. The molecule has 0 amide bonds. The van der Waals surface area contributed by atoms with Crippen molar-refractivity contribution in [1.29, 1.82) is 0 Å². The molecule has 2 N–H and O–H groups in total. The zero-order chi connectivity index (χ0) is 15.2. The Morgan fingerprint density at radius 3 is 2.55 bits per heavy atom. The van der Waals surface area contributed by atoms with Crippen LogP contribution >= 0.6 is 0 Å². The molecular formula is C12H22N2O5S. The standard InChI is InChI=1S/C12H22N2O5S/c1-10(9-18-3)14(6-7-17-2)20(15,16)12-5-4-11(8-13)19-12/h4-5,10H,6-9,13H2,1-3H3. The third-order valence-electron chi connectivity index (χ3n) is 2.82. The molecule has 0 aromatic carbocycles. The molecule has 1 atom stereocenters. The first-order valence-corrected chi connectivity index (χ1v) is 7.69. The van der Waals surface area contributed by atoms with Gasteiger partial charge in [0.05, 0.1) is 19.8 Å². The van der Waals surface area contributed by atoms with Gasteiger partial charge < -0.3 is 19.6 Å². The maximum absolute atomic E-state index is 12.6. The van der Waals surface area contributed by atoms with E-state index in [9.17, 15) is 8.42 Å². The minimum absolute atomic E-state index is 0.114. The molecule has 1 unspecified atom stereocenters. The fourth-order valence-electron chi connectivity index (χ4n) is 1.81. The molecule has 0 saturated heterocycles. The third-order valence-corrected chi connectivity index (χ3v) is 4.70. The van der Waals surface area contributed by atoms with Gasteiger partial charge in [-0.15, -0.1) is 0 Å². The van der Waals surface area contributed by atoms with E-state index in [2.05, 4.69) is 0 Å². The summed E-state index contributed by atoms with van der Waals surface area (Å²) in [6.07, 6.45) is 0. The van der Waals surface area contributed by atoms with Gasteiger partial charge in [-0.2, -0.15) is 4.31 Å². The van der Waals surface area contributed by atoms with Crippen LogP contribution in [0.1, 0.15) is 12.7 Å². The number of hydrogen-bond acceptors (Lipinski definition) is 6. The number of ether oxygens (including phenoxy) is 2. The summed E-state index contributed by atoms with van der Waals surface area (Å²) in [7, 11) is -0.689. The Morgan fingerprint density at radius 1 is 1.35 bits per heavy atom. The SMILES string of the molecule is COCCN(C(C)COC)S(=O)(=O)c1ccc(CN)o1. The van der Waals surface area contributed by atoms with E-state index in [0.717, 1.165) is 0 Å². The molecule has 0 radical (unpaired) electrons. The molecule has 0 saturated carbocycles. The number of sulfonamides is 1. The van der Waals surface area contributed by atoms with Crippen molar-refractivity contribution in [1.82, 2.24) is 4.31 Å². The van der Waals surface area contributed by atoms with E-state index in [4.69, 9.17) is 19.6 Å². The van der Waals surface area contributed by atoms with Gasteiger partial charge in [-0.1, -0.05) is 0 Å². The zero-order valence-electron chi connectivity index (χ0n) is 12.0. The predicted octanol–water partition coefficient (Wildman–Crippen LogP) is 0.410. The summed E-state index contributed by atoms with van der Waals surface area (Å²) in [5.41, 5.74) is 5.43. The summed E-state index contributed by atoms with van der Waals surface area (Å²) < 4.78 is 41.7. The van der Waals surface area contributed by atoms with Crippen LogP contribution in [0.15, 0.2) is 21.6 Å². The smallest absolute Gasteiger partial charge is 0.276 e. The summed E-state index contributed by atoms with van der Waals surface area (Å²) >= 11 is 0. The number of nitrogens with two attached hydrogens (primary N) is 1. The second-order valence-electron chi connectivity index (χ2n) is 4.34. The molecule has 0 fully saturated rings. The molecule has 0 aliphatic rings. The Hall–Kier alpha value is -0.930. The van der Waals surface area contributed by atoms with Crippen LogP contribution < -0.4 is 5.73 Å². The lowest BCUT2D eigenvalue weighted by Gasteiger charge is -2.26. The summed E-state index contributed by atoms with van der Waals surface area (Å²) in [6, 6.07) is 2.64. The summed E-state index contributed by atoms with van der Waals surface area (Å²) in [6.45, 7) is 2.72. The van der Waals surface area contributed by atoms with Crippen molar-refractivity contribution in [2.45, 2.75) is 24.6 Å². The third kappa shape index (κ3) is 4.03. The summed E-state index contributed by atoms with van der Waals surface area (Å²) in [4.78, 5) is 0. The van der Waals surface area contributed by atoms with Crippen LogP contribution in [0.4, 0.5) is 0 Å². The van der Waals surface area contributed by atoms with Crippen LogP contribution in [0.3, 0.4) is 0 Å². The average molecular weight is 306 g/mol. The van der Waals surface area contributed by atoms with Crippen molar-refractivity contribution in [2.75, 3.05) is 34.0 Å². The summed E-state index contributed by atoms with van der Waals surface area (Å²) in [5.74, 6) is 0.426. The highest BCUT2D eigenvalue weighted by Crippen LogP contribution is 2.20. The van der Waals surface area contributed by atoms with Gasteiger partial charge in [0.15, 0.2) is 0 Å². The molecule has 1 rings (SSSR count). The van der Waals surface area contributed by atoms with Crippen LogP contribution in [-0.4, -0.2) is 52.7 Å². The molecule has 0 bridgehead atoms. The van der Waals surface area contributed by atoms with Crippen LogP contribution in [0.25, 0.3) is 0 Å². The van der Waals surface area contributed by atoms with E-state index < -0.39 is 10.0 Å². The van der Waals surface area contributed by atoms with Gasteiger partial charge >= 0.3 is 0 Å². The number of rotatable bonds is 9. The minimum atomic E-state index is -3.73. The molecule has 1 aromatic heterocycles.